The van der Waals surface area contributed by atoms with Crippen LogP contribution < -0.4 is 0 Å². The van der Waals surface area contributed by atoms with Crippen molar-refractivity contribution in [2.24, 2.45) is 0 Å². The van der Waals surface area contributed by atoms with Crippen LogP contribution in [0.25, 0.3) is 0 Å². The number of rotatable bonds is 39. The highest BCUT2D eigenvalue weighted by Crippen LogP contribution is 2.14. The molecular weight excluding hydrogens is 673 g/mol. The lowest BCUT2D eigenvalue weighted by molar-refractivity contribution is -0.167. The Morgan fingerprint density at radius 3 is 1.13 bits per heavy atom. The van der Waals surface area contributed by atoms with E-state index in [4.69, 9.17) is 14.2 Å². The fourth-order valence-corrected chi connectivity index (χ4v) is 5.95. The van der Waals surface area contributed by atoms with Crippen LogP contribution in [0, 0.1) is 0 Å². The molecule has 0 aliphatic rings. The number of hydrogen-bond donors (Lipinski definition) is 0. The van der Waals surface area contributed by atoms with E-state index in [2.05, 4.69) is 81.5 Å². The molecule has 1 atom stereocenters. The van der Waals surface area contributed by atoms with Gasteiger partial charge in [0.25, 0.3) is 0 Å². The Kier molecular flexibility index (Phi) is 40.6. The molecule has 0 amide bonds. The van der Waals surface area contributed by atoms with Gasteiger partial charge in [-0.3, -0.25) is 14.4 Å². The molecule has 54 heavy (non-hydrogen) atoms. The van der Waals surface area contributed by atoms with E-state index >= 15 is 0 Å². The molecule has 6 heteroatoms. The van der Waals surface area contributed by atoms with Crippen molar-refractivity contribution in [2.75, 3.05) is 13.2 Å². The molecule has 0 aromatic carbocycles. The Morgan fingerprint density at radius 1 is 0.389 bits per heavy atom. The summed E-state index contributed by atoms with van der Waals surface area (Å²) in [6, 6.07) is 0. The zero-order valence-electron chi connectivity index (χ0n) is 35.2. The fraction of sp³-hybridized carbons (Fsp3) is 0.729. The van der Waals surface area contributed by atoms with E-state index in [0.29, 0.717) is 19.3 Å². The summed E-state index contributed by atoms with van der Waals surface area (Å²) in [5.74, 6) is -0.959. The van der Waals surface area contributed by atoms with Crippen LogP contribution in [0.1, 0.15) is 207 Å². The first-order valence-corrected chi connectivity index (χ1v) is 22.3. The van der Waals surface area contributed by atoms with Gasteiger partial charge in [0.05, 0.1) is 0 Å². The third kappa shape index (κ3) is 40.3. The lowest BCUT2D eigenvalue weighted by Crippen LogP contribution is -2.30. The lowest BCUT2D eigenvalue weighted by atomic mass is 10.1. The molecule has 0 radical (unpaired) electrons. The maximum Gasteiger partial charge on any atom is 0.306 e. The van der Waals surface area contributed by atoms with E-state index < -0.39 is 6.10 Å². The number of carbonyl (C=O) groups is 3. The van der Waals surface area contributed by atoms with Gasteiger partial charge in [0.1, 0.15) is 13.2 Å². The molecule has 0 rings (SSSR count). The maximum atomic E-state index is 12.7. The summed E-state index contributed by atoms with van der Waals surface area (Å²) >= 11 is 0. The molecule has 0 aliphatic carbocycles. The summed E-state index contributed by atoms with van der Waals surface area (Å²) in [5.41, 5.74) is 0. The van der Waals surface area contributed by atoms with E-state index in [0.717, 1.165) is 77.0 Å². The number of esters is 3. The van der Waals surface area contributed by atoms with E-state index in [1.165, 1.54) is 83.5 Å². The van der Waals surface area contributed by atoms with Crippen LogP contribution in [0.3, 0.4) is 0 Å². The summed E-state index contributed by atoms with van der Waals surface area (Å²) in [4.78, 5) is 37.6. The molecule has 0 aromatic heterocycles. The zero-order chi connectivity index (χ0) is 39.4. The van der Waals surface area contributed by atoms with Crippen molar-refractivity contribution < 1.29 is 28.6 Å². The average molecular weight is 755 g/mol. The van der Waals surface area contributed by atoms with Gasteiger partial charge in [-0.1, -0.05) is 191 Å². The molecule has 0 heterocycles. The van der Waals surface area contributed by atoms with Crippen molar-refractivity contribution >= 4 is 17.9 Å². The van der Waals surface area contributed by atoms with Gasteiger partial charge in [0.2, 0.25) is 0 Å². The number of hydrogen-bond acceptors (Lipinski definition) is 6. The van der Waals surface area contributed by atoms with Crippen LogP contribution in [0.15, 0.2) is 60.8 Å². The van der Waals surface area contributed by atoms with Crippen LogP contribution in [0.5, 0.6) is 0 Å². The first-order valence-electron chi connectivity index (χ1n) is 22.3. The average Bonchev–Trinajstić information content (AvgIpc) is 3.17. The fourth-order valence-electron chi connectivity index (χ4n) is 5.95. The number of ether oxygens (including phenoxy) is 3. The summed E-state index contributed by atoms with van der Waals surface area (Å²) < 4.78 is 16.6. The highest BCUT2D eigenvalue weighted by molar-refractivity contribution is 5.71. The van der Waals surface area contributed by atoms with Crippen molar-refractivity contribution in [2.45, 2.75) is 213 Å². The van der Waals surface area contributed by atoms with E-state index in [9.17, 15) is 14.4 Å². The van der Waals surface area contributed by atoms with Gasteiger partial charge in [-0.15, -0.1) is 0 Å². The first-order chi connectivity index (χ1) is 26.5. The molecule has 0 saturated heterocycles. The van der Waals surface area contributed by atoms with E-state index in [-0.39, 0.29) is 37.5 Å². The van der Waals surface area contributed by atoms with Crippen molar-refractivity contribution in [3.05, 3.63) is 60.8 Å². The largest absolute Gasteiger partial charge is 0.462 e. The molecule has 0 saturated carbocycles. The Bertz CT molecular complexity index is 1010. The summed E-state index contributed by atoms with van der Waals surface area (Å²) in [5, 5.41) is 0. The third-order valence-electron chi connectivity index (χ3n) is 9.29. The topological polar surface area (TPSA) is 78.9 Å². The minimum Gasteiger partial charge on any atom is -0.462 e. The zero-order valence-corrected chi connectivity index (χ0v) is 35.2. The Labute approximate surface area is 332 Å². The predicted molar refractivity (Wildman–Crippen MR) is 228 cm³/mol. The first kappa shape index (κ1) is 51.1. The quantitative estimate of drug-likeness (QED) is 0.0269. The second-order valence-corrected chi connectivity index (χ2v) is 14.6. The Morgan fingerprint density at radius 2 is 0.722 bits per heavy atom. The molecule has 0 spiro atoms. The third-order valence-corrected chi connectivity index (χ3v) is 9.29. The smallest absolute Gasteiger partial charge is 0.306 e. The predicted octanol–water partition coefficient (Wildman–Crippen LogP) is 14.1. The molecule has 1 unspecified atom stereocenters. The summed E-state index contributed by atoms with van der Waals surface area (Å²) in [6.45, 7) is 6.42. The van der Waals surface area contributed by atoms with E-state index in [1.807, 2.05) is 0 Å². The highest BCUT2D eigenvalue weighted by Gasteiger charge is 2.19. The minimum atomic E-state index is -0.789. The van der Waals surface area contributed by atoms with Crippen molar-refractivity contribution in [1.29, 1.82) is 0 Å². The van der Waals surface area contributed by atoms with Gasteiger partial charge in [-0.25, -0.2) is 0 Å². The number of unbranched alkanes of at least 4 members (excludes halogenated alkanes) is 18. The van der Waals surface area contributed by atoms with Crippen LogP contribution in [0.2, 0.25) is 0 Å². The molecule has 310 valence electrons. The van der Waals surface area contributed by atoms with Gasteiger partial charge in [0.15, 0.2) is 6.10 Å². The number of carbonyl (C=O) groups excluding carboxylic acids is 3. The maximum absolute atomic E-state index is 12.7. The normalized spacial score (nSPS) is 12.6. The Hall–Kier alpha value is -2.89. The standard InChI is InChI=1S/C48H82O6/c1-4-7-10-13-16-19-21-22-23-24-25-26-28-29-32-35-38-41-47(50)53-44-45(43-52-46(49)40-37-34-31-18-15-12-9-6-3)54-48(51)42-39-36-33-30-27-20-17-14-11-8-5-2/h7,10,16,19,22-23,25-26,29,32,45H,4-6,8-9,11-15,17-18,20-21,24,27-28,30-31,33-44H2,1-3H3/b10-7-,19-16-,23-22-,26-25-,32-29-. The molecule has 0 aromatic rings. The van der Waals surface area contributed by atoms with Gasteiger partial charge in [-0.05, 0) is 57.8 Å². The molecule has 6 nitrogen and oxygen atoms in total. The van der Waals surface area contributed by atoms with Crippen LogP contribution in [-0.4, -0.2) is 37.2 Å². The van der Waals surface area contributed by atoms with Gasteiger partial charge in [0, 0.05) is 19.3 Å². The Balaban J connectivity index is 4.42. The molecule has 0 fully saturated rings. The van der Waals surface area contributed by atoms with Gasteiger partial charge < -0.3 is 14.2 Å². The van der Waals surface area contributed by atoms with Crippen molar-refractivity contribution in [1.82, 2.24) is 0 Å². The lowest BCUT2D eigenvalue weighted by Gasteiger charge is -2.18. The summed E-state index contributed by atoms with van der Waals surface area (Å²) in [6.07, 6.45) is 50.7. The molecule has 0 N–H and O–H groups in total. The van der Waals surface area contributed by atoms with Crippen LogP contribution in [0.4, 0.5) is 0 Å². The van der Waals surface area contributed by atoms with E-state index in [1.54, 1.807) is 0 Å². The van der Waals surface area contributed by atoms with Gasteiger partial charge in [-0.2, -0.15) is 0 Å². The number of allylic oxidation sites excluding steroid dienone is 10. The van der Waals surface area contributed by atoms with Crippen molar-refractivity contribution in [3.8, 4) is 0 Å². The minimum absolute atomic E-state index is 0.0901. The monoisotopic (exact) mass is 755 g/mol. The van der Waals surface area contributed by atoms with Crippen LogP contribution in [-0.2, 0) is 28.6 Å². The van der Waals surface area contributed by atoms with Crippen LogP contribution >= 0.6 is 0 Å². The highest BCUT2D eigenvalue weighted by atomic mass is 16.6. The molecule has 0 aliphatic heterocycles. The second kappa shape index (κ2) is 42.8. The van der Waals surface area contributed by atoms with Crippen molar-refractivity contribution in [3.63, 3.8) is 0 Å². The summed E-state index contributed by atoms with van der Waals surface area (Å²) in [7, 11) is 0. The molecule has 0 bridgehead atoms. The second-order valence-electron chi connectivity index (χ2n) is 14.6. The van der Waals surface area contributed by atoms with Gasteiger partial charge >= 0.3 is 17.9 Å². The SMILES string of the molecule is CC/C=C\C/C=C\C/C=C\C/C=C\C/C=C\CCCC(=O)OCC(COC(=O)CCCCCCCCCC)OC(=O)CCCCCCCCCCCCC. The molecular formula is C48H82O6.